The lowest BCUT2D eigenvalue weighted by Crippen LogP contribution is -2.15. The third kappa shape index (κ3) is 5.45. The number of benzene rings is 3. The van der Waals surface area contributed by atoms with E-state index in [1.54, 1.807) is 24.3 Å². The second-order valence-corrected chi connectivity index (χ2v) is 7.59. The van der Waals surface area contributed by atoms with E-state index in [1.807, 2.05) is 38.1 Å². The molecular formula is C23H21FN2O2S. The van der Waals surface area contributed by atoms with E-state index in [1.165, 1.54) is 30.0 Å². The second kappa shape index (κ2) is 9.39. The van der Waals surface area contributed by atoms with Gasteiger partial charge in [-0.25, -0.2) is 4.39 Å². The van der Waals surface area contributed by atoms with Crippen LogP contribution in [0.1, 0.15) is 21.5 Å². The van der Waals surface area contributed by atoms with E-state index in [0.29, 0.717) is 5.69 Å². The van der Waals surface area contributed by atoms with Crippen molar-refractivity contribution in [3.8, 4) is 0 Å². The van der Waals surface area contributed by atoms with Crippen LogP contribution < -0.4 is 10.6 Å². The first-order chi connectivity index (χ1) is 13.9. The lowest BCUT2D eigenvalue weighted by atomic mass is 10.1. The van der Waals surface area contributed by atoms with Gasteiger partial charge in [-0.1, -0.05) is 30.3 Å². The number of nitrogens with one attached hydrogen (secondary N) is 2. The minimum Gasteiger partial charge on any atom is -0.325 e. The summed E-state index contributed by atoms with van der Waals surface area (Å²) in [7, 11) is 0. The van der Waals surface area contributed by atoms with Crippen LogP contribution in [0.25, 0.3) is 0 Å². The quantitative estimate of drug-likeness (QED) is 0.535. The maximum absolute atomic E-state index is 13.8. The normalized spacial score (nSPS) is 10.4. The maximum Gasteiger partial charge on any atom is 0.258 e. The average Bonchev–Trinajstić information content (AvgIpc) is 2.70. The molecule has 0 unspecified atom stereocenters. The molecule has 4 nitrogen and oxygen atoms in total. The fourth-order valence-corrected chi connectivity index (χ4v) is 3.48. The molecule has 3 rings (SSSR count). The zero-order chi connectivity index (χ0) is 20.8. The number of rotatable bonds is 6. The Morgan fingerprint density at radius 2 is 1.69 bits per heavy atom. The van der Waals surface area contributed by atoms with Gasteiger partial charge in [-0.3, -0.25) is 9.59 Å². The van der Waals surface area contributed by atoms with Gasteiger partial charge in [-0.2, -0.15) is 0 Å². The van der Waals surface area contributed by atoms with Crippen LogP contribution in [-0.4, -0.2) is 17.6 Å². The van der Waals surface area contributed by atoms with Crippen LogP contribution >= 0.6 is 11.8 Å². The number of aryl methyl sites for hydroxylation is 1. The van der Waals surface area contributed by atoms with Crippen molar-refractivity contribution in [1.29, 1.82) is 0 Å². The Morgan fingerprint density at radius 3 is 2.48 bits per heavy atom. The van der Waals surface area contributed by atoms with Gasteiger partial charge in [-0.15, -0.1) is 11.8 Å². The molecule has 0 saturated heterocycles. The first-order valence-electron chi connectivity index (χ1n) is 9.09. The summed E-state index contributed by atoms with van der Waals surface area (Å²) >= 11 is 1.36. The number of hydrogen-bond donors (Lipinski definition) is 2. The molecule has 0 bridgehead atoms. The lowest BCUT2D eigenvalue weighted by Gasteiger charge is -2.11. The van der Waals surface area contributed by atoms with Crippen molar-refractivity contribution in [2.45, 2.75) is 18.7 Å². The largest absolute Gasteiger partial charge is 0.325 e. The first-order valence-corrected chi connectivity index (χ1v) is 10.1. The van der Waals surface area contributed by atoms with E-state index in [4.69, 9.17) is 0 Å². The van der Waals surface area contributed by atoms with Crippen molar-refractivity contribution in [2.75, 3.05) is 16.4 Å². The highest BCUT2D eigenvalue weighted by molar-refractivity contribution is 8.00. The Kier molecular flexibility index (Phi) is 6.67. The minimum absolute atomic E-state index is 0.0153. The molecule has 0 saturated carbocycles. The third-order valence-electron chi connectivity index (χ3n) is 4.46. The van der Waals surface area contributed by atoms with Crippen LogP contribution in [-0.2, 0) is 4.79 Å². The number of amides is 2. The van der Waals surface area contributed by atoms with Crippen LogP contribution in [0.2, 0.25) is 0 Å². The highest BCUT2D eigenvalue weighted by Crippen LogP contribution is 2.23. The highest BCUT2D eigenvalue weighted by atomic mass is 32.2. The summed E-state index contributed by atoms with van der Waals surface area (Å²) in [6, 6.07) is 18.7. The van der Waals surface area contributed by atoms with Gasteiger partial charge < -0.3 is 10.6 Å². The molecule has 2 amide bonds. The molecule has 3 aromatic rings. The van der Waals surface area contributed by atoms with E-state index in [0.717, 1.165) is 21.7 Å². The van der Waals surface area contributed by atoms with Gasteiger partial charge in [0.15, 0.2) is 0 Å². The summed E-state index contributed by atoms with van der Waals surface area (Å²) in [5, 5.41) is 5.61. The monoisotopic (exact) mass is 408 g/mol. The van der Waals surface area contributed by atoms with Gasteiger partial charge in [0.2, 0.25) is 5.91 Å². The summed E-state index contributed by atoms with van der Waals surface area (Å²) in [5.41, 5.74) is 3.50. The summed E-state index contributed by atoms with van der Waals surface area (Å²) in [6.07, 6.45) is 0. The van der Waals surface area contributed by atoms with Crippen LogP contribution in [0.4, 0.5) is 15.8 Å². The van der Waals surface area contributed by atoms with Crippen molar-refractivity contribution in [2.24, 2.45) is 0 Å². The molecule has 0 aliphatic heterocycles. The summed E-state index contributed by atoms with van der Waals surface area (Å²) < 4.78 is 13.8. The molecular weight excluding hydrogens is 387 g/mol. The Balaban J connectivity index is 1.60. The summed E-state index contributed by atoms with van der Waals surface area (Å²) in [4.78, 5) is 25.4. The van der Waals surface area contributed by atoms with Gasteiger partial charge in [0, 0.05) is 16.3 Å². The summed E-state index contributed by atoms with van der Waals surface area (Å²) in [5.74, 6) is -0.959. The number of hydrogen-bond acceptors (Lipinski definition) is 3. The lowest BCUT2D eigenvalue weighted by molar-refractivity contribution is -0.113. The molecule has 0 aliphatic rings. The molecule has 0 radical (unpaired) electrons. The molecule has 0 aliphatic carbocycles. The van der Waals surface area contributed by atoms with E-state index >= 15 is 0 Å². The van der Waals surface area contributed by atoms with E-state index in [2.05, 4.69) is 10.6 Å². The second-order valence-electron chi connectivity index (χ2n) is 6.55. The van der Waals surface area contributed by atoms with Crippen LogP contribution in [0.15, 0.2) is 71.6 Å². The van der Waals surface area contributed by atoms with Gasteiger partial charge in [0.1, 0.15) is 5.82 Å². The number of halogens is 1. The van der Waals surface area contributed by atoms with Crippen molar-refractivity contribution < 1.29 is 14.0 Å². The van der Waals surface area contributed by atoms with Crippen LogP contribution in [0, 0.1) is 19.7 Å². The molecule has 0 fully saturated rings. The van der Waals surface area contributed by atoms with Crippen molar-refractivity contribution >= 4 is 35.0 Å². The SMILES string of the molecule is Cc1cccc(NC(=O)CSc2cccc(NC(=O)c3ccccc3F)c2)c1C. The Hall–Kier alpha value is -3.12. The molecule has 0 spiro atoms. The zero-order valence-corrected chi connectivity index (χ0v) is 17.0. The van der Waals surface area contributed by atoms with Gasteiger partial charge in [0.05, 0.1) is 11.3 Å². The molecule has 6 heteroatoms. The van der Waals surface area contributed by atoms with E-state index < -0.39 is 11.7 Å². The molecule has 29 heavy (non-hydrogen) atoms. The van der Waals surface area contributed by atoms with Gasteiger partial charge in [-0.05, 0) is 61.4 Å². The third-order valence-corrected chi connectivity index (χ3v) is 5.45. The molecule has 0 heterocycles. The Labute approximate surface area is 173 Å². The number of carbonyl (C=O) groups excluding carboxylic acids is 2. The van der Waals surface area contributed by atoms with Crippen molar-refractivity contribution in [3.63, 3.8) is 0 Å². The molecule has 2 N–H and O–H groups in total. The van der Waals surface area contributed by atoms with E-state index in [-0.39, 0.29) is 17.2 Å². The van der Waals surface area contributed by atoms with E-state index in [9.17, 15) is 14.0 Å². The maximum atomic E-state index is 13.8. The molecule has 148 valence electrons. The van der Waals surface area contributed by atoms with Gasteiger partial charge >= 0.3 is 0 Å². The van der Waals surface area contributed by atoms with Crippen LogP contribution in [0.5, 0.6) is 0 Å². The van der Waals surface area contributed by atoms with Gasteiger partial charge in [0.25, 0.3) is 5.91 Å². The predicted molar refractivity (Wildman–Crippen MR) is 116 cm³/mol. The molecule has 0 atom stereocenters. The zero-order valence-electron chi connectivity index (χ0n) is 16.2. The molecule has 0 aromatic heterocycles. The Morgan fingerprint density at radius 1 is 0.931 bits per heavy atom. The van der Waals surface area contributed by atoms with Crippen molar-refractivity contribution in [1.82, 2.24) is 0 Å². The standard InChI is InChI=1S/C23H21FN2O2S/c1-15-7-5-12-21(16(15)2)26-22(27)14-29-18-9-6-8-17(13-18)25-23(28)19-10-3-4-11-20(19)24/h3-13H,14H2,1-2H3,(H,25,28)(H,26,27). The average molecular weight is 408 g/mol. The predicted octanol–water partition coefficient (Wildman–Crippen LogP) is 5.43. The number of carbonyl (C=O) groups is 2. The fraction of sp³-hybridized carbons (Fsp3) is 0.130. The summed E-state index contributed by atoms with van der Waals surface area (Å²) in [6.45, 7) is 3.97. The van der Waals surface area contributed by atoms with Crippen molar-refractivity contribution in [3.05, 3.63) is 89.2 Å². The Bertz CT molecular complexity index is 1050. The van der Waals surface area contributed by atoms with Crippen LogP contribution in [0.3, 0.4) is 0 Å². The number of thioether (sulfide) groups is 1. The smallest absolute Gasteiger partial charge is 0.258 e. The highest BCUT2D eigenvalue weighted by Gasteiger charge is 2.12. The first kappa shape index (κ1) is 20.6. The minimum atomic E-state index is -0.571. The molecule has 3 aromatic carbocycles. The number of anilines is 2. The topological polar surface area (TPSA) is 58.2 Å². The fourth-order valence-electron chi connectivity index (χ4n) is 2.73.